The molecule has 3 heteroatoms. The SMILES string of the molecule is CC.CC.CCc1nc(C)c(C)n1NC. The lowest BCUT2D eigenvalue weighted by molar-refractivity contribution is 0.797. The minimum atomic E-state index is 0.968. The van der Waals surface area contributed by atoms with Crippen molar-refractivity contribution in [2.45, 2.75) is 54.9 Å². The van der Waals surface area contributed by atoms with E-state index in [0.717, 1.165) is 17.9 Å². The van der Waals surface area contributed by atoms with Crippen molar-refractivity contribution in [3.05, 3.63) is 17.2 Å². The van der Waals surface area contributed by atoms with Crippen molar-refractivity contribution in [2.75, 3.05) is 12.5 Å². The molecule has 0 saturated carbocycles. The fraction of sp³-hybridized carbons (Fsp3) is 0.750. The molecule has 0 aliphatic heterocycles. The summed E-state index contributed by atoms with van der Waals surface area (Å²) in [5.74, 6) is 1.10. The third-order valence-corrected chi connectivity index (χ3v) is 1.95. The Labute approximate surface area is 94.9 Å². The Kier molecular flexibility index (Phi) is 10.5. The molecular formula is C12H27N3. The Hall–Kier alpha value is -0.990. The van der Waals surface area contributed by atoms with Gasteiger partial charge in [-0.25, -0.2) is 9.66 Å². The number of aromatic nitrogens is 2. The van der Waals surface area contributed by atoms with Gasteiger partial charge in [0.2, 0.25) is 0 Å². The summed E-state index contributed by atoms with van der Waals surface area (Å²) in [6.45, 7) is 14.2. The summed E-state index contributed by atoms with van der Waals surface area (Å²) >= 11 is 0. The molecule has 0 amide bonds. The van der Waals surface area contributed by atoms with Gasteiger partial charge in [-0.1, -0.05) is 34.6 Å². The second kappa shape index (κ2) is 9.56. The fourth-order valence-electron chi connectivity index (χ4n) is 1.21. The molecule has 90 valence electrons. The van der Waals surface area contributed by atoms with Gasteiger partial charge in [-0.2, -0.15) is 0 Å². The maximum Gasteiger partial charge on any atom is 0.127 e. The van der Waals surface area contributed by atoms with E-state index in [0.29, 0.717) is 0 Å². The van der Waals surface area contributed by atoms with Gasteiger partial charge in [0.25, 0.3) is 0 Å². The van der Waals surface area contributed by atoms with Gasteiger partial charge in [0.1, 0.15) is 5.82 Å². The van der Waals surface area contributed by atoms with E-state index >= 15 is 0 Å². The smallest absolute Gasteiger partial charge is 0.127 e. The first kappa shape index (κ1) is 16.4. The topological polar surface area (TPSA) is 29.9 Å². The van der Waals surface area contributed by atoms with E-state index in [1.165, 1.54) is 5.69 Å². The number of rotatable bonds is 2. The van der Waals surface area contributed by atoms with Crippen LogP contribution >= 0.6 is 0 Å². The predicted octanol–water partition coefficient (Wildman–Crippen LogP) is 3.29. The molecular weight excluding hydrogens is 186 g/mol. The highest BCUT2D eigenvalue weighted by Crippen LogP contribution is 2.07. The van der Waals surface area contributed by atoms with Crippen LogP contribution in [0.1, 0.15) is 51.8 Å². The van der Waals surface area contributed by atoms with Crippen molar-refractivity contribution in [1.29, 1.82) is 0 Å². The van der Waals surface area contributed by atoms with Crippen LogP contribution < -0.4 is 5.43 Å². The number of hydrogen-bond donors (Lipinski definition) is 1. The van der Waals surface area contributed by atoms with Gasteiger partial charge < -0.3 is 5.43 Å². The van der Waals surface area contributed by atoms with Gasteiger partial charge >= 0.3 is 0 Å². The van der Waals surface area contributed by atoms with Gasteiger partial charge in [0.05, 0.1) is 11.4 Å². The Morgan fingerprint density at radius 3 is 1.87 bits per heavy atom. The van der Waals surface area contributed by atoms with Crippen molar-refractivity contribution in [3.63, 3.8) is 0 Å². The van der Waals surface area contributed by atoms with Gasteiger partial charge in [-0.15, -0.1) is 0 Å². The molecule has 1 heterocycles. The lowest BCUT2D eigenvalue weighted by atomic mass is 10.4. The molecule has 0 spiro atoms. The molecule has 3 nitrogen and oxygen atoms in total. The summed E-state index contributed by atoms with van der Waals surface area (Å²) in [5, 5.41) is 0. The normalized spacial score (nSPS) is 8.27. The molecule has 1 aromatic rings. The van der Waals surface area contributed by atoms with Gasteiger partial charge in [-0.05, 0) is 13.8 Å². The summed E-state index contributed by atoms with van der Waals surface area (Å²) in [4.78, 5) is 4.40. The highest BCUT2D eigenvalue weighted by molar-refractivity contribution is 5.15. The van der Waals surface area contributed by atoms with Crippen LogP contribution in [0.25, 0.3) is 0 Å². The predicted molar refractivity (Wildman–Crippen MR) is 69.1 cm³/mol. The van der Waals surface area contributed by atoms with Crippen LogP contribution in [-0.4, -0.2) is 16.7 Å². The largest absolute Gasteiger partial charge is 0.328 e. The van der Waals surface area contributed by atoms with Crippen LogP contribution in [-0.2, 0) is 6.42 Å². The Morgan fingerprint density at radius 1 is 1.13 bits per heavy atom. The van der Waals surface area contributed by atoms with Crippen molar-refractivity contribution >= 4 is 0 Å². The molecule has 0 fully saturated rings. The molecule has 0 bridgehead atoms. The van der Waals surface area contributed by atoms with Crippen molar-refractivity contribution in [2.24, 2.45) is 0 Å². The molecule has 1 N–H and O–H groups in total. The zero-order valence-electron chi connectivity index (χ0n) is 11.6. The summed E-state index contributed by atoms with van der Waals surface area (Å²) in [7, 11) is 1.91. The molecule has 0 aliphatic rings. The highest BCUT2D eigenvalue weighted by atomic mass is 15.4. The Balaban J connectivity index is 0. The number of nitrogens with zero attached hydrogens (tertiary/aromatic N) is 2. The van der Waals surface area contributed by atoms with Gasteiger partial charge in [-0.3, -0.25) is 0 Å². The van der Waals surface area contributed by atoms with Gasteiger partial charge in [0, 0.05) is 13.5 Å². The molecule has 0 aliphatic carbocycles. The van der Waals surface area contributed by atoms with Crippen LogP contribution in [0.4, 0.5) is 0 Å². The zero-order valence-corrected chi connectivity index (χ0v) is 11.6. The molecule has 0 aromatic carbocycles. The lowest BCUT2D eigenvalue weighted by Crippen LogP contribution is -2.13. The van der Waals surface area contributed by atoms with E-state index in [-0.39, 0.29) is 0 Å². The Bertz CT molecular complexity index is 252. The fourth-order valence-corrected chi connectivity index (χ4v) is 1.21. The monoisotopic (exact) mass is 213 g/mol. The zero-order chi connectivity index (χ0) is 12.4. The summed E-state index contributed by atoms with van der Waals surface area (Å²) in [6, 6.07) is 0. The van der Waals surface area contributed by atoms with Crippen LogP contribution in [0, 0.1) is 13.8 Å². The van der Waals surface area contributed by atoms with Crippen molar-refractivity contribution in [3.8, 4) is 0 Å². The summed E-state index contributed by atoms with van der Waals surface area (Å²) in [5.41, 5.74) is 5.40. The minimum Gasteiger partial charge on any atom is -0.328 e. The van der Waals surface area contributed by atoms with E-state index in [1.54, 1.807) is 0 Å². The molecule has 0 unspecified atom stereocenters. The maximum absolute atomic E-state index is 4.40. The minimum absolute atomic E-state index is 0.968. The second-order valence-corrected chi connectivity index (χ2v) is 2.61. The molecule has 1 aromatic heterocycles. The van der Waals surface area contributed by atoms with Crippen molar-refractivity contribution in [1.82, 2.24) is 9.66 Å². The number of aryl methyl sites for hydroxylation is 2. The van der Waals surface area contributed by atoms with E-state index in [9.17, 15) is 0 Å². The first-order valence-electron chi connectivity index (χ1n) is 5.93. The third kappa shape index (κ3) is 4.36. The number of hydrogen-bond acceptors (Lipinski definition) is 2. The molecule has 0 radical (unpaired) electrons. The summed E-state index contributed by atoms with van der Waals surface area (Å²) in [6.07, 6.45) is 0.968. The van der Waals surface area contributed by atoms with Crippen LogP contribution in [0.2, 0.25) is 0 Å². The van der Waals surface area contributed by atoms with E-state index in [4.69, 9.17) is 0 Å². The molecule has 0 atom stereocenters. The van der Waals surface area contributed by atoms with E-state index in [1.807, 2.05) is 46.3 Å². The van der Waals surface area contributed by atoms with Crippen molar-refractivity contribution < 1.29 is 0 Å². The third-order valence-electron chi connectivity index (χ3n) is 1.95. The lowest BCUT2D eigenvalue weighted by Gasteiger charge is -2.06. The van der Waals surface area contributed by atoms with Crippen LogP contribution in [0.3, 0.4) is 0 Å². The second-order valence-electron chi connectivity index (χ2n) is 2.61. The average Bonchev–Trinajstić information content (AvgIpc) is 2.60. The first-order chi connectivity index (χ1) is 7.20. The molecule has 0 saturated heterocycles. The molecule has 1 rings (SSSR count). The maximum atomic E-state index is 4.40. The number of nitrogens with one attached hydrogen (secondary N) is 1. The van der Waals surface area contributed by atoms with Gasteiger partial charge in [0.15, 0.2) is 0 Å². The average molecular weight is 213 g/mol. The number of imidazole rings is 1. The van der Waals surface area contributed by atoms with Crippen LogP contribution in [0.5, 0.6) is 0 Å². The van der Waals surface area contributed by atoms with Crippen LogP contribution in [0.15, 0.2) is 0 Å². The molecule has 15 heavy (non-hydrogen) atoms. The van der Waals surface area contributed by atoms with E-state index in [2.05, 4.69) is 24.3 Å². The standard InChI is InChI=1S/C8H15N3.2C2H6/c1-5-8-10-6(2)7(3)11(8)9-4;2*1-2/h9H,5H2,1-4H3;2*1-2H3. The summed E-state index contributed by atoms with van der Waals surface area (Å²) < 4.78 is 2.02. The van der Waals surface area contributed by atoms with E-state index < -0.39 is 0 Å². The first-order valence-corrected chi connectivity index (χ1v) is 5.93. The highest BCUT2D eigenvalue weighted by Gasteiger charge is 2.06. The quantitative estimate of drug-likeness (QED) is 0.817. The Morgan fingerprint density at radius 2 is 1.60 bits per heavy atom.